The molecule has 1 aromatic heterocycles. The van der Waals surface area contributed by atoms with Gasteiger partial charge in [-0.15, -0.1) is 0 Å². The van der Waals surface area contributed by atoms with E-state index in [4.69, 9.17) is 9.47 Å². The second-order valence-corrected chi connectivity index (χ2v) is 7.19. The zero-order valence-corrected chi connectivity index (χ0v) is 17.2. The van der Waals surface area contributed by atoms with Crippen LogP contribution >= 0.6 is 0 Å². The SMILES string of the molecule is CN(C)c1ccc(NC(=O)c2ccc3c(c2)OCO3)cc1C(=O)NCc1cccnc1. The molecule has 0 atom stereocenters. The van der Waals surface area contributed by atoms with Gasteiger partial charge in [0.15, 0.2) is 11.5 Å². The predicted molar refractivity (Wildman–Crippen MR) is 117 cm³/mol. The standard InChI is InChI=1S/C23H22N4O4/c1-27(2)19-7-6-17(11-18(19)23(29)25-13-15-4-3-9-24-12-15)26-22(28)16-5-8-20-21(10-16)31-14-30-20/h3-12H,13-14H2,1-2H3,(H,25,29)(H,26,28). The van der Waals surface area contributed by atoms with E-state index in [1.165, 1.54) is 0 Å². The third-order valence-corrected chi connectivity index (χ3v) is 4.79. The topological polar surface area (TPSA) is 92.8 Å². The lowest BCUT2D eigenvalue weighted by molar-refractivity contribution is 0.0950. The Balaban J connectivity index is 1.52. The van der Waals surface area contributed by atoms with Gasteiger partial charge in [-0.3, -0.25) is 14.6 Å². The molecule has 158 valence electrons. The molecule has 1 aliphatic rings. The summed E-state index contributed by atoms with van der Waals surface area (Å²) in [5.41, 5.74) is 3.04. The summed E-state index contributed by atoms with van der Waals surface area (Å²) in [6.45, 7) is 0.497. The fourth-order valence-corrected chi connectivity index (χ4v) is 3.21. The monoisotopic (exact) mass is 418 g/mol. The number of pyridine rings is 1. The Morgan fingerprint density at radius 3 is 2.65 bits per heavy atom. The Labute approximate surface area is 179 Å². The van der Waals surface area contributed by atoms with E-state index in [1.807, 2.05) is 31.1 Å². The molecule has 2 heterocycles. The Hall–Kier alpha value is -4.07. The van der Waals surface area contributed by atoms with Gasteiger partial charge in [0.1, 0.15) is 0 Å². The summed E-state index contributed by atoms with van der Waals surface area (Å²) in [6.07, 6.45) is 3.39. The van der Waals surface area contributed by atoms with Crippen LogP contribution in [-0.2, 0) is 6.54 Å². The summed E-state index contributed by atoms with van der Waals surface area (Å²) in [5.74, 6) is 0.592. The number of hydrogen-bond acceptors (Lipinski definition) is 6. The highest BCUT2D eigenvalue weighted by Gasteiger charge is 2.18. The van der Waals surface area contributed by atoms with Gasteiger partial charge in [0, 0.05) is 50.0 Å². The van der Waals surface area contributed by atoms with Gasteiger partial charge in [0.25, 0.3) is 11.8 Å². The first-order valence-corrected chi connectivity index (χ1v) is 9.71. The minimum Gasteiger partial charge on any atom is -0.454 e. The molecule has 8 heteroatoms. The van der Waals surface area contributed by atoms with Crippen LogP contribution in [0.15, 0.2) is 60.9 Å². The fraction of sp³-hybridized carbons (Fsp3) is 0.174. The number of aromatic nitrogens is 1. The summed E-state index contributed by atoms with van der Waals surface area (Å²) < 4.78 is 10.6. The second kappa shape index (κ2) is 8.74. The number of nitrogens with one attached hydrogen (secondary N) is 2. The van der Waals surface area contributed by atoms with Crippen molar-refractivity contribution in [2.75, 3.05) is 31.1 Å². The summed E-state index contributed by atoms with van der Waals surface area (Å²) >= 11 is 0. The van der Waals surface area contributed by atoms with Crippen LogP contribution in [-0.4, -0.2) is 37.7 Å². The molecular formula is C23H22N4O4. The van der Waals surface area contributed by atoms with Crippen molar-refractivity contribution in [2.24, 2.45) is 0 Å². The summed E-state index contributed by atoms with van der Waals surface area (Å²) in [6, 6.07) is 13.9. The Kier molecular flexibility index (Phi) is 5.70. The van der Waals surface area contributed by atoms with Crippen molar-refractivity contribution in [3.63, 3.8) is 0 Å². The smallest absolute Gasteiger partial charge is 0.255 e. The molecule has 0 aliphatic carbocycles. The van der Waals surface area contributed by atoms with Crippen molar-refractivity contribution in [3.8, 4) is 11.5 Å². The molecule has 0 saturated heterocycles. The van der Waals surface area contributed by atoms with E-state index < -0.39 is 0 Å². The highest BCUT2D eigenvalue weighted by molar-refractivity contribution is 6.06. The van der Waals surface area contributed by atoms with Gasteiger partial charge in [0.2, 0.25) is 6.79 Å². The molecule has 2 aromatic carbocycles. The summed E-state index contributed by atoms with van der Waals surface area (Å²) in [4.78, 5) is 31.5. The van der Waals surface area contributed by atoms with E-state index in [2.05, 4.69) is 15.6 Å². The maximum atomic E-state index is 12.9. The zero-order valence-electron chi connectivity index (χ0n) is 17.2. The third kappa shape index (κ3) is 4.58. The van der Waals surface area contributed by atoms with E-state index in [0.29, 0.717) is 34.9 Å². The molecule has 3 aromatic rings. The van der Waals surface area contributed by atoms with Crippen molar-refractivity contribution in [2.45, 2.75) is 6.54 Å². The first-order chi connectivity index (χ1) is 15.0. The van der Waals surface area contributed by atoms with Crippen molar-refractivity contribution in [1.82, 2.24) is 10.3 Å². The van der Waals surface area contributed by atoms with Crippen LogP contribution in [0.5, 0.6) is 11.5 Å². The van der Waals surface area contributed by atoms with Crippen LogP contribution < -0.4 is 25.0 Å². The second-order valence-electron chi connectivity index (χ2n) is 7.19. The van der Waals surface area contributed by atoms with Crippen LogP contribution in [0.3, 0.4) is 0 Å². The number of benzene rings is 2. The van der Waals surface area contributed by atoms with Crippen LogP contribution in [0, 0.1) is 0 Å². The number of ether oxygens (including phenoxy) is 2. The maximum Gasteiger partial charge on any atom is 0.255 e. The molecule has 2 N–H and O–H groups in total. The normalized spacial score (nSPS) is 11.7. The Morgan fingerprint density at radius 2 is 1.87 bits per heavy atom. The molecule has 2 amide bonds. The van der Waals surface area contributed by atoms with E-state index in [1.54, 1.807) is 48.8 Å². The number of fused-ring (bicyclic) bond motifs is 1. The largest absolute Gasteiger partial charge is 0.454 e. The number of amides is 2. The van der Waals surface area contributed by atoms with Crippen LogP contribution in [0.2, 0.25) is 0 Å². The molecule has 0 unspecified atom stereocenters. The van der Waals surface area contributed by atoms with Gasteiger partial charge >= 0.3 is 0 Å². The van der Waals surface area contributed by atoms with Gasteiger partial charge in [-0.25, -0.2) is 0 Å². The quantitative estimate of drug-likeness (QED) is 0.639. The van der Waals surface area contributed by atoms with Crippen molar-refractivity contribution in [1.29, 1.82) is 0 Å². The number of nitrogens with zero attached hydrogens (tertiary/aromatic N) is 2. The van der Waals surface area contributed by atoms with Gasteiger partial charge < -0.3 is 25.0 Å². The lowest BCUT2D eigenvalue weighted by Gasteiger charge is -2.18. The minimum absolute atomic E-state index is 0.143. The Morgan fingerprint density at radius 1 is 1.03 bits per heavy atom. The van der Waals surface area contributed by atoms with Gasteiger partial charge in [-0.05, 0) is 48.0 Å². The van der Waals surface area contributed by atoms with Gasteiger partial charge in [-0.1, -0.05) is 6.07 Å². The van der Waals surface area contributed by atoms with E-state index in [0.717, 1.165) is 11.3 Å². The first-order valence-electron chi connectivity index (χ1n) is 9.71. The van der Waals surface area contributed by atoms with Crippen LogP contribution in [0.4, 0.5) is 11.4 Å². The van der Waals surface area contributed by atoms with Crippen molar-refractivity contribution < 1.29 is 19.1 Å². The zero-order chi connectivity index (χ0) is 21.8. The first kappa shape index (κ1) is 20.2. The number of carbonyl (C=O) groups excluding carboxylic acids is 2. The average Bonchev–Trinajstić information content (AvgIpc) is 3.26. The molecule has 0 bridgehead atoms. The highest BCUT2D eigenvalue weighted by atomic mass is 16.7. The number of rotatable bonds is 6. The van der Waals surface area contributed by atoms with Crippen molar-refractivity contribution >= 4 is 23.2 Å². The lowest BCUT2D eigenvalue weighted by atomic mass is 10.1. The van der Waals surface area contributed by atoms with Gasteiger partial charge in [-0.2, -0.15) is 0 Å². The molecule has 8 nitrogen and oxygen atoms in total. The molecule has 1 aliphatic heterocycles. The molecule has 4 rings (SSSR count). The molecule has 0 spiro atoms. The summed E-state index contributed by atoms with van der Waals surface area (Å²) in [5, 5.41) is 5.74. The lowest BCUT2D eigenvalue weighted by Crippen LogP contribution is -2.25. The number of carbonyl (C=O) groups is 2. The molecule has 0 saturated carbocycles. The minimum atomic E-state index is -0.308. The molecular weight excluding hydrogens is 396 g/mol. The molecule has 31 heavy (non-hydrogen) atoms. The van der Waals surface area contributed by atoms with E-state index in [9.17, 15) is 9.59 Å². The van der Waals surface area contributed by atoms with E-state index in [-0.39, 0.29) is 18.6 Å². The molecule has 0 radical (unpaired) electrons. The van der Waals surface area contributed by atoms with Crippen LogP contribution in [0.1, 0.15) is 26.3 Å². The van der Waals surface area contributed by atoms with Gasteiger partial charge in [0.05, 0.1) is 5.56 Å². The number of hydrogen-bond donors (Lipinski definition) is 2. The summed E-state index contributed by atoms with van der Waals surface area (Å²) in [7, 11) is 3.72. The molecule has 0 fully saturated rings. The third-order valence-electron chi connectivity index (χ3n) is 4.79. The van der Waals surface area contributed by atoms with Crippen LogP contribution in [0.25, 0.3) is 0 Å². The average molecular weight is 418 g/mol. The highest BCUT2D eigenvalue weighted by Crippen LogP contribution is 2.32. The van der Waals surface area contributed by atoms with Crippen molar-refractivity contribution in [3.05, 3.63) is 77.6 Å². The maximum absolute atomic E-state index is 12.9. The predicted octanol–water partition coefficient (Wildman–Crippen LogP) is 3.06. The fourth-order valence-electron chi connectivity index (χ4n) is 3.21. The Bertz CT molecular complexity index is 1120. The number of anilines is 2. The van der Waals surface area contributed by atoms with E-state index >= 15 is 0 Å².